The van der Waals surface area contributed by atoms with Crippen LogP contribution in [0.25, 0.3) is 10.8 Å². The van der Waals surface area contributed by atoms with Crippen LogP contribution in [0.4, 0.5) is 5.69 Å². The molecule has 3 aliphatic heterocycles. The second-order valence-corrected chi connectivity index (χ2v) is 7.20. The van der Waals surface area contributed by atoms with Crippen molar-refractivity contribution >= 4 is 28.3 Å². The molecule has 4 atom stereocenters. The monoisotopic (exact) mass is 335 g/mol. The number of aliphatic hydroxyl groups is 1. The predicted octanol–water partition coefficient (Wildman–Crippen LogP) is 2.04. The highest BCUT2D eigenvalue weighted by atomic mass is 16.5. The number of amides is 2. The highest BCUT2D eigenvalue weighted by Crippen LogP contribution is 2.57. The zero-order valence-corrected chi connectivity index (χ0v) is 13.7. The summed E-state index contributed by atoms with van der Waals surface area (Å²) in [5.74, 6) is -1.84. The summed E-state index contributed by atoms with van der Waals surface area (Å²) in [6.45, 7) is 1.49. The maximum Gasteiger partial charge on any atom is 0.241 e. The Labute approximate surface area is 144 Å². The molecular formula is C20H17NO4. The van der Waals surface area contributed by atoms with Crippen molar-refractivity contribution in [1.82, 2.24) is 0 Å². The number of benzene rings is 2. The molecule has 2 fully saturated rings. The van der Waals surface area contributed by atoms with Gasteiger partial charge in [-0.05, 0) is 18.4 Å². The number of hydrogen-bond donors (Lipinski definition) is 1. The molecule has 126 valence electrons. The van der Waals surface area contributed by atoms with Gasteiger partial charge in [0.15, 0.2) is 0 Å². The molecule has 0 radical (unpaired) electrons. The van der Waals surface area contributed by atoms with Gasteiger partial charge in [0.2, 0.25) is 11.8 Å². The third-order valence-corrected chi connectivity index (χ3v) is 5.81. The van der Waals surface area contributed by atoms with Crippen molar-refractivity contribution < 1.29 is 19.4 Å². The second-order valence-electron chi connectivity index (χ2n) is 7.20. The summed E-state index contributed by atoms with van der Waals surface area (Å²) in [7, 11) is 0. The van der Waals surface area contributed by atoms with Gasteiger partial charge in [-0.25, -0.2) is 4.90 Å². The minimum atomic E-state index is -1.09. The van der Waals surface area contributed by atoms with Crippen LogP contribution in [0.15, 0.2) is 54.6 Å². The quantitative estimate of drug-likeness (QED) is 0.674. The molecule has 2 aromatic carbocycles. The lowest BCUT2D eigenvalue weighted by molar-refractivity contribution is -0.131. The van der Waals surface area contributed by atoms with Crippen LogP contribution >= 0.6 is 0 Å². The van der Waals surface area contributed by atoms with Crippen molar-refractivity contribution in [2.45, 2.75) is 18.1 Å². The van der Waals surface area contributed by atoms with Gasteiger partial charge in [0.1, 0.15) is 5.60 Å². The number of anilines is 1. The Hall–Kier alpha value is -2.50. The first-order valence-electron chi connectivity index (χ1n) is 8.38. The average molecular weight is 335 g/mol. The molecule has 0 aromatic heterocycles. The molecule has 5 rings (SSSR count). The zero-order chi connectivity index (χ0) is 17.4. The molecule has 1 N–H and O–H groups in total. The van der Waals surface area contributed by atoms with Gasteiger partial charge in [0.05, 0.1) is 29.7 Å². The topological polar surface area (TPSA) is 66.8 Å². The third kappa shape index (κ3) is 1.64. The summed E-state index contributed by atoms with van der Waals surface area (Å²) >= 11 is 0. The highest BCUT2D eigenvalue weighted by Gasteiger charge is 2.72. The number of ether oxygens (including phenoxy) is 1. The standard InChI is InChI=1S/C20H17NO4/c1-19-9-10-20(11-22,25-19)16-15(19)17(23)21(18(16)24)14-8-4-6-12-5-2-3-7-13(12)14/h2-10,15-16,22H,11H2,1H3/t15-,16-,19-,20-/m0/s1. The number of fused-ring (bicyclic) bond motifs is 6. The van der Waals surface area contributed by atoms with Gasteiger partial charge < -0.3 is 9.84 Å². The Bertz CT molecular complexity index is 962. The van der Waals surface area contributed by atoms with Crippen LogP contribution in [0.2, 0.25) is 0 Å². The Morgan fingerprint density at radius 1 is 1.04 bits per heavy atom. The van der Waals surface area contributed by atoms with Crippen molar-refractivity contribution in [1.29, 1.82) is 0 Å². The minimum absolute atomic E-state index is 0.256. The van der Waals surface area contributed by atoms with E-state index in [1.807, 2.05) is 49.4 Å². The molecule has 2 amide bonds. The lowest BCUT2D eigenvalue weighted by Gasteiger charge is -2.27. The molecule has 3 heterocycles. The smallest absolute Gasteiger partial charge is 0.241 e. The van der Waals surface area contributed by atoms with E-state index in [1.54, 1.807) is 12.1 Å². The Morgan fingerprint density at radius 2 is 1.76 bits per heavy atom. The van der Waals surface area contributed by atoms with Crippen LogP contribution in [-0.2, 0) is 14.3 Å². The summed E-state index contributed by atoms with van der Waals surface area (Å²) in [5, 5.41) is 11.7. The molecular weight excluding hydrogens is 318 g/mol. The number of hydrogen-bond acceptors (Lipinski definition) is 4. The van der Waals surface area contributed by atoms with Gasteiger partial charge in [-0.2, -0.15) is 0 Å². The fourth-order valence-electron chi connectivity index (χ4n) is 4.68. The molecule has 2 bridgehead atoms. The van der Waals surface area contributed by atoms with Gasteiger partial charge in [-0.3, -0.25) is 9.59 Å². The molecule has 5 nitrogen and oxygen atoms in total. The predicted molar refractivity (Wildman–Crippen MR) is 91.9 cm³/mol. The van der Waals surface area contributed by atoms with Gasteiger partial charge in [0, 0.05) is 5.39 Å². The molecule has 0 saturated carbocycles. The summed E-state index contributed by atoms with van der Waals surface area (Å²) in [6, 6.07) is 13.3. The fourth-order valence-corrected chi connectivity index (χ4v) is 4.68. The van der Waals surface area contributed by atoms with E-state index in [0.717, 1.165) is 10.8 Å². The number of nitrogens with zero attached hydrogens (tertiary/aromatic N) is 1. The summed E-state index contributed by atoms with van der Waals surface area (Å²) in [6.07, 6.45) is 3.55. The van der Waals surface area contributed by atoms with Crippen LogP contribution in [0.3, 0.4) is 0 Å². The Kier molecular flexibility index (Phi) is 2.70. The lowest BCUT2D eigenvalue weighted by atomic mass is 9.73. The number of aliphatic hydroxyl groups excluding tert-OH is 1. The summed E-state index contributed by atoms with van der Waals surface area (Å²) in [5.41, 5.74) is -1.34. The van der Waals surface area contributed by atoms with Gasteiger partial charge in [-0.15, -0.1) is 0 Å². The van der Waals surface area contributed by atoms with Crippen molar-refractivity contribution in [3.05, 3.63) is 54.6 Å². The van der Waals surface area contributed by atoms with Gasteiger partial charge >= 0.3 is 0 Å². The van der Waals surface area contributed by atoms with Crippen molar-refractivity contribution in [2.75, 3.05) is 11.5 Å². The fraction of sp³-hybridized carbons (Fsp3) is 0.300. The van der Waals surface area contributed by atoms with E-state index in [2.05, 4.69) is 0 Å². The maximum atomic E-state index is 13.2. The van der Waals surface area contributed by atoms with Crippen LogP contribution in [0.5, 0.6) is 0 Å². The van der Waals surface area contributed by atoms with E-state index in [0.29, 0.717) is 5.69 Å². The number of carbonyl (C=O) groups is 2. The van der Waals surface area contributed by atoms with E-state index >= 15 is 0 Å². The SMILES string of the molecule is C[C@@]12C=C[C@@](CO)(O1)[C@@H]1C(=O)N(c3cccc4ccccc34)C(=O)[C@H]12. The maximum absolute atomic E-state index is 13.2. The molecule has 2 aromatic rings. The first kappa shape index (κ1) is 14.8. The summed E-state index contributed by atoms with van der Waals surface area (Å²) in [4.78, 5) is 27.7. The molecule has 5 heteroatoms. The van der Waals surface area contributed by atoms with Gasteiger partial charge in [0.25, 0.3) is 0 Å². The second kappa shape index (κ2) is 4.56. The molecule has 0 spiro atoms. The Balaban J connectivity index is 1.69. The van der Waals surface area contributed by atoms with E-state index in [1.165, 1.54) is 4.90 Å². The summed E-state index contributed by atoms with van der Waals surface area (Å²) < 4.78 is 5.95. The van der Waals surface area contributed by atoms with E-state index in [-0.39, 0.29) is 18.4 Å². The van der Waals surface area contributed by atoms with Crippen molar-refractivity contribution in [2.24, 2.45) is 11.8 Å². The normalized spacial score (nSPS) is 35.8. The average Bonchev–Trinajstić information content (AvgIpc) is 3.20. The molecule has 25 heavy (non-hydrogen) atoms. The first-order chi connectivity index (χ1) is 12.0. The lowest BCUT2D eigenvalue weighted by Crippen LogP contribution is -2.43. The number of carbonyl (C=O) groups excluding carboxylic acids is 2. The van der Waals surface area contributed by atoms with E-state index in [4.69, 9.17) is 4.74 Å². The largest absolute Gasteiger partial charge is 0.393 e. The van der Waals surface area contributed by atoms with Crippen LogP contribution < -0.4 is 4.90 Å². The third-order valence-electron chi connectivity index (χ3n) is 5.81. The minimum Gasteiger partial charge on any atom is -0.393 e. The van der Waals surface area contributed by atoms with Crippen LogP contribution in [0.1, 0.15) is 6.92 Å². The van der Waals surface area contributed by atoms with Gasteiger partial charge in [-0.1, -0.05) is 48.6 Å². The van der Waals surface area contributed by atoms with Crippen LogP contribution in [0, 0.1) is 11.8 Å². The highest BCUT2D eigenvalue weighted by molar-refractivity contribution is 6.26. The number of imide groups is 1. The molecule has 0 aliphatic carbocycles. The van der Waals surface area contributed by atoms with E-state index in [9.17, 15) is 14.7 Å². The Morgan fingerprint density at radius 3 is 2.56 bits per heavy atom. The van der Waals surface area contributed by atoms with Crippen molar-refractivity contribution in [3.63, 3.8) is 0 Å². The van der Waals surface area contributed by atoms with E-state index < -0.39 is 23.0 Å². The van der Waals surface area contributed by atoms with Crippen LogP contribution in [-0.4, -0.2) is 34.7 Å². The first-order valence-corrected chi connectivity index (χ1v) is 8.38. The number of rotatable bonds is 2. The van der Waals surface area contributed by atoms with Crippen molar-refractivity contribution in [3.8, 4) is 0 Å². The zero-order valence-electron chi connectivity index (χ0n) is 13.7. The molecule has 0 unspecified atom stereocenters. The molecule has 2 saturated heterocycles. The molecule has 3 aliphatic rings.